The molecule has 0 saturated carbocycles. The van der Waals surface area contributed by atoms with Crippen LogP contribution in [0.2, 0.25) is 0 Å². The lowest BCUT2D eigenvalue weighted by Crippen LogP contribution is -2.48. The molecule has 3 aromatic rings. The topological polar surface area (TPSA) is 57.7 Å². The third-order valence-electron chi connectivity index (χ3n) is 4.81. The highest BCUT2D eigenvalue weighted by molar-refractivity contribution is 7.14. The first-order chi connectivity index (χ1) is 15.0. The minimum atomic E-state index is -2.87. The Hall–Kier alpha value is -3.27. The number of benzene rings is 2. The summed E-state index contributed by atoms with van der Waals surface area (Å²) in [6, 6.07) is 12.4. The Balaban J connectivity index is 1.32. The van der Waals surface area contributed by atoms with Gasteiger partial charge in [-0.3, -0.25) is 4.79 Å². The molecular weight excluding hydrogens is 429 g/mol. The second-order valence-corrected chi connectivity index (χ2v) is 7.68. The second kappa shape index (κ2) is 9.25. The predicted molar refractivity (Wildman–Crippen MR) is 113 cm³/mol. The zero-order chi connectivity index (χ0) is 21.8. The molecule has 0 unspecified atom stereocenters. The standard InChI is InChI=1S/C21H19F3N4O2S/c22-14-1-5-16(6-2-14)27-9-11-28(12-10-27)19(29)18-13-31-21(26-18)25-15-3-7-17(8-4-15)30-20(23)24/h1-8,13,20H,9-12H2,(H,25,26). The van der Waals surface area contributed by atoms with E-state index in [2.05, 4.69) is 19.9 Å². The fraction of sp³-hybridized carbons (Fsp3) is 0.238. The van der Waals surface area contributed by atoms with E-state index in [1.165, 1.54) is 35.6 Å². The SMILES string of the molecule is O=C(c1csc(Nc2ccc(OC(F)F)cc2)n1)N1CCN(c2ccc(F)cc2)CC1. The number of carbonyl (C=O) groups excluding carboxylic acids is 1. The maximum atomic E-state index is 13.1. The molecule has 4 rings (SSSR count). The van der Waals surface area contributed by atoms with Crippen LogP contribution in [0.1, 0.15) is 10.5 Å². The molecule has 0 spiro atoms. The molecule has 1 fully saturated rings. The Bertz CT molecular complexity index is 1020. The quantitative estimate of drug-likeness (QED) is 0.598. The van der Waals surface area contributed by atoms with Gasteiger partial charge in [0.1, 0.15) is 17.3 Å². The Morgan fingerprint density at radius 1 is 1.03 bits per heavy atom. The average molecular weight is 448 g/mol. The fourth-order valence-corrected chi connectivity index (χ4v) is 3.96. The molecule has 0 radical (unpaired) electrons. The van der Waals surface area contributed by atoms with Crippen molar-refractivity contribution in [2.75, 3.05) is 36.4 Å². The summed E-state index contributed by atoms with van der Waals surface area (Å²) >= 11 is 1.28. The first-order valence-electron chi connectivity index (χ1n) is 9.55. The molecule has 31 heavy (non-hydrogen) atoms. The van der Waals surface area contributed by atoms with Gasteiger partial charge in [-0.1, -0.05) is 0 Å². The number of hydrogen-bond acceptors (Lipinski definition) is 6. The molecular formula is C21H19F3N4O2S. The van der Waals surface area contributed by atoms with E-state index in [-0.39, 0.29) is 17.5 Å². The minimum Gasteiger partial charge on any atom is -0.435 e. The number of ether oxygens (including phenoxy) is 1. The van der Waals surface area contributed by atoms with Crippen molar-refractivity contribution in [3.05, 3.63) is 65.4 Å². The number of piperazine rings is 1. The molecule has 1 aliphatic rings. The van der Waals surface area contributed by atoms with Crippen LogP contribution in [0.4, 0.5) is 29.7 Å². The molecule has 0 atom stereocenters. The summed E-state index contributed by atoms with van der Waals surface area (Å²) < 4.78 is 41.9. The van der Waals surface area contributed by atoms with Gasteiger partial charge in [0.15, 0.2) is 5.13 Å². The van der Waals surface area contributed by atoms with Gasteiger partial charge in [0.05, 0.1) is 0 Å². The molecule has 1 aliphatic heterocycles. The van der Waals surface area contributed by atoms with E-state index in [0.717, 1.165) is 5.69 Å². The van der Waals surface area contributed by atoms with Crippen molar-refractivity contribution in [3.63, 3.8) is 0 Å². The van der Waals surface area contributed by atoms with Crippen LogP contribution in [0.25, 0.3) is 0 Å². The monoisotopic (exact) mass is 448 g/mol. The van der Waals surface area contributed by atoms with E-state index < -0.39 is 6.61 Å². The summed E-state index contributed by atoms with van der Waals surface area (Å²) in [7, 11) is 0. The molecule has 1 N–H and O–H groups in total. The molecule has 1 amide bonds. The highest BCUT2D eigenvalue weighted by Gasteiger charge is 2.24. The van der Waals surface area contributed by atoms with Gasteiger partial charge in [-0.25, -0.2) is 9.37 Å². The normalized spacial score (nSPS) is 14.1. The largest absolute Gasteiger partial charge is 0.435 e. The number of amides is 1. The molecule has 2 aromatic carbocycles. The molecule has 1 aromatic heterocycles. The van der Waals surface area contributed by atoms with E-state index >= 15 is 0 Å². The van der Waals surface area contributed by atoms with Crippen LogP contribution in [0, 0.1) is 5.82 Å². The maximum absolute atomic E-state index is 13.1. The number of thiazole rings is 1. The molecule has 6 nitrogen and oxygen atoms in total. The van der Waals surface area contributed by atoms with E-state index in [9.17, 15) is 18.0 Å². The number of carbonyl (C=O) groups is 1. The Morgan fingerprint density at radius 2 is 1.71 bits per heavy atom. The van der Waals surface area contributed by atoms with Crippen molar-refractivity contribution in [2.24, 2.45) is 0 Å². The van der Waals surface area contributed by atoms with Gasteiger partial charge in [0.25, 0.3) is 5.91 Å². The van der Waals surface area contributed by atoms with Gasteiger partial charge in [0, 0.05) is 42.9 Å². The van der Waals surface area contributed by atoms with Crippen LogP contribution < -0.4 is 15.0 Å². The number of anilines is 3. The van der Waals surface area contributed by atoms with Crippen molar-refractivity contribution in [1.82, 2.24) is 9.88 Å². The Labute approximate surface area is 180 Å². The highest BCUT2D eigenvalue weighted by Crippen LogP contribution is 2.25. The van der Waals surface area contributed by atoms with Crippen LogP contribution in [-0.4, -0.2) is 48.6 Å². The van der Waals surface area contributed by atoms with Crippen molar-refractivity contribution in [1.29, 1.82) is 0 Å². The lowest BCUT2D eigenvalue weighted by atomic mass is 10.2. The van der Waals surface area contributed by atoms with Gasteiger partial charge in [-0.15, -0.1) is 11.3 Å². The molecule has 10 heteroatoms. The zero-order valence-corrected chi connectivity index (χ0v) is 17.1. The zero-order valence-electron chi connectivity index (χ0n) is 16.3. The number of aromatic nitrogens is 1. The number of hydrogen-bond donors (Lipinski definition) is 1. The molecule has 1 saturated heterocycles. The summed E-state index contributed by atoms with van der Waals surface area (Å²) in [6.45, 7) is -0.479. The molecule has 0 bridgehead atoms. The first kappa shape index (κ1) is 21.0. The maximum Gasteiger partial charge on any atom is 0.387 e. The van der Waals surface area contributed by atoms with Crippen LogP contribution in [0.3, 0.4) is 0 Å². The fourth-order valence-electron chi connectivity index (χ4n) is 3.25. The Kier molecular flexibility index (Phi) is 6.26. The number of alkyl halides is 2. The Morgan fingerprint density at radius 3 is 2.35 bits per heavy atom. The van der Waals surface area contributed by atoms with Crippen molar-refractivity contribution in [2.45, 2.75) is 6.61 Å². The van der Waals surface area contributed by atoms with E-state index in [1.807, 2.05) is 0 Å². The number of nitrogens with one attached hydrogen (secondary N) is 1. The number of nitrogens with zero attached hydrogens (tertiary/aromatic N) is 3. The summed E-state index contributed by atoms with van der Waals surface area (Å²) in [5.41, 5.74) is 1.92. The third kappa shape index (κ3) is 5.26. The van der Waals surface area contributed by atoms with Gasteiger partial charge in [0.2, 0.25) is 0 Å². The van der Waals surface area contributed by atoms with Crippen molar-refractivity contribution >= 4 is 33.8 Å². The predicted octanol–water partition coefficient (Wildman–Crippen LogP) is 4.59. The first-order valence-corrected chi connectivity index (χ1v) is 10.4. The average Bonchev–Trinajstić information content (AvgIpc) is 3.23. The summed E-state index contributed by atoms with van der Waals surface area (Å²) in [4.78, 5) is 21.0. The van der Waals surface area contributed by atoms with E-state index in [0.29, 0.717) is 42.7 Å². The van der Waals surface area contributed by atoms with Crippen molar-refractivity contribution in [3.8, 4) is 5.75 Å². The van der Waals surface area contributed by atoms with Crippen LogP contribution in [-0.2, 0) is 0 Å². The van der Waals surface area contributed by atoms with Gasteiger partial charge < -0.3 is 19.9 Å². The highest BCUT2D eigenvalue weighted by atomic mass is 32.1. The smallest absolute Gasteiger partial charge is 0.387 e. The van der Waals surface area contributed by atoms with Crippen LogP contribution in [0.5, 0.6) is 5.75 Å². The number of rotatable bonds is 6. The summed E-state index contributed by atoms with van der Waals surface area (Å²) in [6.07, 6.45) is 0. The van der Waals surface area contributed by atoms with E-state index in [1.54, 1.807) is 34.5 Å². The summed E-state index contributed by atoms with van der Waals surface area (Å²) in [5, 5.41) is 5.26. The van der Waals surface area contributed by atoms with Crippen molar-refractivity contribution < 1.29 is 22.7 Å². The second-order valence-electron chi connectivity index (χ2n) is 6.82. The van der Waals surface area contributed by atoms with E-state index in [4.69, 9.17) is 0 Å². The third-order valence-corrected chi connectivity index (χ3v) is 5.57. The lowest BCUT2D eigenvalue weighted by Gasteiger charge is -2.35. The lowest BCUT2D eigenvalue weighted by molar-refractivity contribution is -0.0498. The number of halogens is 3. The van der Waals surface area contributed by atoms with Crippen LogP contribution >= 0.6 is 11.3 Å². The summed E-state index contributed by atoms with van der Waals surface area (Å²) in [5.74, 6) is -0.359. The molecule has 162 valence electrons. The minimum absolute atomic E-state index is 0.0651. The van der Waals surface area contributed by atoms with Gasteiger partial charge >= 0.3 is 6.61 Å². The van der Waals surface area contributed by atoms with Crippen LogP contribution in [0.15, 0.2) is 53.9 Å². The van der Waals surface area contributed by atoms with Gasteiger partial charge in [-0.05, 0) is 48.5 Å². The molecule has 2 heterocycles. The molecule has 0 aliphatic carbocycles. The van der Waals surface area contributed by atoms with Gasteiger partial charge in [-0.2, -0.15) is 8.78 Å².